The molecule has 0 aliphatic rings. The van der Waals surface area contributed by atoms with Gasteiger partial charge in [-0.15, -0.1) is 0 Å². The van der Waals surface area contributed by atoms with E-state index in [0.29, 0.717) is 18.1 Å². The highest BCUT2D eigenvalue weighted by molar-refractivity contribution is 7.92. The van der Waals surface area contributed by atoms with Crippen molar-refractivity contribution in [2.45, 2.75) is 30.3 Å². The van der Waals surface area contributed by atoms with Crippen LogP contribution in [-0.4, -0.2) is 23.7 Å². The van der Waals surface area contributed by atoms with Crippen molar-refractivity contribution in [1.29, 1.82) is 0 Å². The molecule has 1 N–H and O–H groups in total. The van der Waals surface area contributed by atoms with Crippen LogP contribution in [0.2, 0.25) is 0 Å². The Hall–Kier alpha value is -2.10. The second-order valence-corrected chi connectivity index (χ2v) is 6.98. The highest BCUT2D eigenvalue weighted by Gasteiger charge is 2.48. The predicted molar refractivity (Wildman–Crippen MR) is 79.6 cm³/mol. The molecule has 1 heterocycles. The van der Waals surface area contributed by atoms with Gasteiger partial charge in [-0.1, -0.05) is 6.92 Å². The minimum absolute atomic E-state index is 0.0586. The van der Waals surface area contributed by atoms with E-state index in [1.807, 2.05) is 6.92 Å². The molecule has 2 rings (SSSR count). The molecule has 0 bridgehead atoms. The Kier molecular flexibility index (Phi) is 4.88. The van der Waals surface area contributed by atoms with Crippen molar-refractivity contribution in [1.82, 2.24) is 9.78 Å². The zero-order chi connectivity index (χ0) is 18.1. The third-order valence-electron chi connectivity index (χ3n) is 3.33. The van der Waals surface area contributed by atoms with E-state index in [9.17, 15) is 26.0 Å². The van der Waals surface area contributed by atoms with E-state index in [4.69, 9.17) is 0 Å². The van der Waals surface area contributed by atoms with Gasteiger partial charge in [0.15, 0.2) is 0 Å². The summed E-state index contributed by atoms with van der Waals surface area (Å²) in [6.07, 6.45) is 2.28. The van der Waals surface area contributed by atoms with Crippen LogP contribution < -0.4 is 5.32 Å². The molecule has 0 spiro atoms. The second kappa shape index (κ2) is 6.42. The molecule has 10 heteroatoms. The highest BCUT2D eigenvalue weighted by atomic mass is 32.2. The zero-order valence-electron chi connectivity index (χ0n) is 12.9. The molecular formula is C14H15F4N3O2S. The van der Waals surface area contributed by atoms with Crippen LogP contribution in [0.1, 0.15) is 18.2 Å². The van der Waals surface area contributed by atoms with Gasteiger partial charge in [-0.3, -0.25) is 4.68 Å². The number of nitrogens with one attached hydrogen (secondary N) is 1. The molecule has 1 aromatic carbocycles. The molecule has 0 fully saturated rings. The number of halogens is 4. The summed E-state index contributed by atoms with van der Waals surface area (Å²) < 4.78 is 76.4. The molecule has 0 saturated carbocycles. The van der Waals surface area contributed by atoms with Crippen LogP contribution in [0.15, 0.2) is 29.3 Å². The van der Waals surface area contributed by atoms with E-state index >= 15 is 0 Å². The lowest BCUT2D eigenvalue weighted by Gasteiger charge is -2.14. The molecule has 0 aliphatic carbocycles. The lowest BCUT2D eigenvalue weighted by Crippen LogP contribution is -2.24. The Morgan fingerprint density at radius 3 is 2.54 bits per heavy atom. The number of benzene rings is 1. The number of nitrogens with zero attached hydrogens (tertiary/aromatic N) is 2. The molecule has 5 nitrogen and oxygen atoms in total. The Morgan fingerprint density at radius 2 is 1.96 bits per heavy atom. The van der Waals surface area contributed by atoms with Crippen molar-refractivity contribution in [2.24, 2.45) is 7.05 Å². The van der Waals surface area contributed by atoms with Crippen LogP contribution in [0.4, 0.5) is 23.2 Å². The minimum Gasteiger partial charge on any atom is -0.380 e. The van der Waals surface area contributed by atoms with Gasteiger partial charge >= 0.3 is 5.51 Å². The van der Waals surface area contributed by atoms with Crippen molar-refractivity contribution < 1.29 is 26.0 Å². The van der Waals surface area contributed by atoms with E-state index in [1.165, 1.54) is 0 Å². The number of hydrogen-bond acceptors (Lipinski definition) is 4. The first-order valence-electron chi connectivity index (χ1n) is 6.92. The molecule has 0 unspecified atom stereocenters. The predicted octanol–water partition coefficient (Wildman–Crippen LogP) is 3.03. The van der Waals surface area contributed by atoms with Gasteiger partial charge in [0.1, 0.15) is 10.7 Å². The average Bonchev–Trinajstić information content (AvgIpc) is 2.84. The summed E-state index contributed by atoms with van der Waals surface area (Å²) in [5.74, 6) is -1.07. The van der Waals surface area contributed by atoms with Gasteiger partial charge in [-0.25, -0.2) is 12.8 Å². The van der Waals surface area contributed by atoms with Gasteiger partial charge in [0.2, 0.25) is 0 Å². The summed E-state index contributed by atoms with van der Waals surface area (Å²) in [5.41, 5.74) is -4.40. The van der Waals surface area contributed by atoms with Crippen molar-refractivity contribution in [3.63, 3.8) is 0 Å². The SMILES string of the molecule is CCc1nn(C)cc1CNc1ccc(F)cc1S(=O)(=O)C(F)(F)F. The topological polar surface area (TPSA) is 64.0 Å². The minimum atomic E-state index is -5.67. The van der Waals surface area contributed by atoms with Crippen molar-refractivity contribution in [3.8, 4) is 0 Å². The highest BCUT2D eigenvalue weighted by Crippen LogP contribution is 2.35. The average molecular weight is 365 g/mol. The van der Waals surface area contributed by atoms with Crippen LogP contribution in [0.5, 0.6) is 0 Å². The molecule has 132 valence electrons. The van der Waals surface area contributed by atoms with Crippen molar-refractivity contribution >= 4 is 15.5 Å². The standard InChI is InChI=1S/C14H15F4N3O2S/c1-3-11-9(8-21(2)20-11)7-19-12-5-4-10(15)6-13(12)24(22,23)14(16,17)18/h4-6,8,19H,3,7H2,1-2H3. The summed E-state index contributed by atoms with van der Waals surface area (Å²) in [6.45, 7) is 1.92. The summed E-state index contributed by atoms with van der Waals surface area (Å²) in [7, 11) is -3.97. The van der Waals surface area contributed by atoms with Gasteiger partial charge in [-0.05, 0) is 24.6 Å². The molecule has 24 heavy (non-hydrogen) atoms. The Morgan fingerprint density at radius 1 is 1.29 bits per heavy atom. The number of rotatable bonds is 5. The second-order valence-electron chi connectivity index (χ2n) is 5.07. The number of hydrogen-bond donors (Lipinski definition) is 1. The fraction of sp³-hybridized carbons (Fsp3) is 0.357. The lowest BCUT2D eigenvalue weighted by atomic mass is 10.2. The lowest BCUT2D eigenvalue weighted by molar-refractivity contribution is -0.0435. The first kappa shape index (κ1) is 18.2. The first-order valence-corrected chi connectivity index (χ1v) is 8.40. The maximum atomic E-state index is 13.3. The van der Waals surface area contributed by atoms with E-state index in [-0.39, 0.29) is 12.2 Å². The third-order valence-corrected chi connectivity index (χ3v) is 4.86. The summed E-state index contributed by atoms with van der Waals surface area (Å²) in [5, 5.41) is 6.81. The molecule has 2 aromatic rings. The van der Waals surface area contributed by atoms with E-state index < -0.39 is 26.1 Å². The Bertz CT molecular complexity index is 844. The van der Waals surface area contributed by atoms with Crippen LogP contribution >= 0.6 is 0 Å². The summed E-state index contributed by atoms with van der Waals surface area (Å²) in [4.78, 5) is -1.14. The number of anilines is 1. The third kappa shape index (κ3) is 3.53. The largest absolute Gasteiger partial charge is 0.501 e. The van der Waals surface area contributed by atoms with Crippen LogP contribution in [-0.2, 0) is 29.9 Å². The molecule has 0 aliphatic heterocycles. The summed E-state index contributed by atoms with van der Waals surface area (Å²) >= 11 is 0. The molecule has 0 radical (unpaired) electrons. The monoisotopic (exact) mass is 365 g/mol. The fourth-order valence-corrected chi connectivity index (χ4v) is 3.16. The fourth-order valence-electron chi connectivity index (χ4n) is 2.21. The Balaban J connectivity index is 2.38. The van der Waals surface area contributed by atoms with Gasteiger partial charge < -0.3 is 5.32 Å². The van der Waals surface area contributed by atoms with E-state index in [2.05, 4.69) is 10.4 Å². The molecule has 1 aromatic heterocycles. The number of alkyl halides is 3. The van der Waals surface area contributed by atoms with Gasteiger partial charge in [0, 0.05) is 25.4 Å². The molecule has 0 atom stereocenters. The zero-order valence-corrected chi connectivity index (χ0v) is 13.7. The molecular weight excluding hydrogens is 350 g/mol. The smallest absolute Gasteiger partial charge is 0.380 e. The van der Waals surface area contributed by atoms with Crippen molar-refractivity contribution in [2.75, 3.05) is 5.32 Å². The van der Waals surface area contributed by atoms with Gasteiger partial charge in [0.25, 0.3) is 9.84 Å². The van der Waals surface area contributed by atoms with Gasteiger partial charge in [-0.2, -0.15) is 18.3 Å². The van der Waals surface area contributed by atoms with Crippen LogP contribution in [0.25, 0.3) is 0 Å². The van der Waals surface area contributed by atoms with E-state index in [1.54, 1.807) is 17.9 Å². The van der Waals surface area contributed by atoms with Gasteiger partial charge in [0.05, 0.1) is 11.4 Å². The van der Waals surface area contributed by atoms with Crippen molar-refractivity contribution in [3.05, 3.63) is 41.5 Å². The first-order chi connectivity index (χ1) is 11.1. The van der Waals surface area contributed by atoms with Crippen LogP contribution in [0, 0.1) is 5.82 Å². The Labute approximate surface area is 136 Å². The van der Waals surface area contributed by atoms with E-state index in [0.717, 1.165) is 17.8 Å². The number of sulfone groups is 1. The number of aryl methyl sites for hydroxylation is 2. The maximum Gasteiger partial charge on any atom is 0.501 e. The molecule has 0 amide bonds. The number of aromatic nitrogens is 2. The molecule has 0 saturated heterocycles. The maximum absolute atomic E-state index is 13.3. The quantitative estimate of drug-likeness (QED) is 0.828. The normalized spacial score (nSPS) is 12.4. The summed E-state index contributed by atoms with van der Waals surface area (Å²) in [6, 6.07) is 2.22. The van der Waals surface area contributed by atoms with Crippen LogP contribution in [0.3, 0.4) is 0 Å².